The Hall–Kier alpha value is -2.78. The highest BCUT2D eigenvalue weighted by molar-refractivity contribution is 6.31. The molecule has 4 heteroatoms. The van der Waals surface area contributed by atoms with Gasteiger partial charge in [0.15, 0.2) is 0 Å². The van der Waals surface area contributed by atoms with Crippen LogP contribution in [0.4, 0.5) is 0 Å². The third-order valence-corrected chi connectivity index (χ3v) is 4.87. The second kappa shape index (κ2) is 9.95. The fourth-order valence-corrected chi connectivity index (χ4v) is 3.05. The molecule has 0 bridgehead atoms. The normalized spacial score (nSPS) is 10.5. The first-order valence-corrected chi connectivity index (χ1v) is 9.79. The van der Waals surface area contributed by atoms with E-state index in [0.29, 0.717) is 29.5 Å². The van der Waals surface area contributed by atoms with E-state index in [-0.39, 0.29) is 5.91 Å². The Morgan fingerprint density at radius 1 is 1.00 bits per heavy atom. The number of halogens is 1. The van der Waals surface area contributed by atoms with Crippen LogP contribution in [0.15, 0.2) is 72.8 Å². The van der Waals surface area contributed by atoms with Crippen molar-refractivity contribution in [2.24, 2.45) is 0 Å². The summed E-state index contributed by atoms with van der Waals surface area (Å²) in [6, 6.07) is 23.3. The van der Waals surface area contributed by atoms with E-state index in [2.05, 4.69) is 36.5 Å². The van der Waals surface area contributed by atoms with Gasteiger partial charge >= 0.3 is 0 Å². The molecule has 0 saturated heterocycles. The van der Waals surface area contributed by atoms with Crippen LogP contribution in [-0.2, 0) is 13.0 Å². The van der Waals surface area contributed by atoms with E-state index in [9.17, 15) is 4.79 Å². The molecule has 3 rings (SSSR count). The third kappa shape index (κ3) is 5.86. The van der Waals surface area contributed by atoms with Gasteiger partial charge in [-0.25, -0.2) is 0 Å². The van der Waals surface area contributed by atoms with Crippen molar-refractivity contribution >= 4 is 17.5 Å². The minimum atomic E-state index is -0.0906. The minimum Gasteiger partial charge on any atom is -0.489 e. The number of carbonyl (C=O) groups excluding carboxylic acids is 1. The first-order valence-electron chi connectivity index (χ1n) is 9.42. The van der Waals surface area contributed by atoms with E-state index in [1.807, 2.05) is 36.4 Å². The van der Waals surface area contributed by atoms with Gasteiger partial charge in [-0.05, 0) is 49.6 Å². The van der Waals surface area contributed by atoms with E-state index < -0.39 is 0 Å². The molecule has 3 aromatic rings. The molecule has 0 saturated carbocycles. The van der Waals surface area contributed by atoms with E-state index in [4.69, 9.17) is 16.3 Å². The number of nitrogens with one attached hydrogen (secondary N) is 1. The number of hydrogen-bond acceptors (Lipinski definition) is 2. The van der Waals surface area contributed by atoms with Gasteiger partial charge in [-0.2, -0.15) is 0 Å². The first-order chi connectivity index (χ1) is 13.6. The molecule has 0 aliphatic heterocycles. The molecule has 0 radical (unpaired) electrons. The molecule has 3 nitrogen and oxygen atoms in total. The van der Waals surface area contributed by atoms with Crippen molar-refractivity contribution in [1.82, 2.24) is 5.32 Å². The van der Waals surface area contributed by atoms with Crippen LogP contribution in [-0.4, -0.2) is 12.5 Å². The summed E-state index contributed by atoms with van der Waals surface area (Å²) in [5, 5.41) is 3.65. The van der Waals surface area contributed by atoms with Crippen LogP contribution in [0.3, 0.4) is 0 Å². The summed E-state index contributed by atoms with van der Waals surface area (Å²) in [5.74, 6) is 0.555. The SMILES string of the molecule is Cc1ccc(CCCNC(=O)c2cccc(OCc3ccccc3Cl)c2)cc1. The average molecular weight is 394 g/mol. The van der Waals surface area contributed by atoms with Crippen LogP contribution in [0.2, 0.25) is 5.02 Å². The summed E-state index contributed by atoms with van der Waals surface area (Å²) in [7, 11) is 0. The lowest BCUT2D eigenvalue weighted by atomic mass is 10.1. The zero-order chi connectivity index (χ0) is 19.8. The van der Waals surface area contributed by atoms with Crippen molar-refractivity contribution < 1.29 is 9.53 Å². The Labute approximate surface area is 171 Å². The van der Waals surface area contributed by atoms with Crippen LogP contribution in [0, 0.1) is 6.92 Å². The molecule has 144 valence electrons. The monoisotopic (exact) mass is 393 g/mol. The molecule has 3 aromatic carbocycles. The predicted molar refractivity (Wildman–Crippen MR) is 114 cm³/mol. The lowest BCUT2D eigenvalue weighted by molar-refractivity contribution is 0.0952. The van der Waals surface area contributed by atoms with Crippen LogP contribution in [0.25, 0.3) is 0 Å². The summed E-state index contributed by atoms with van der Waals surface area (Å²) in [6.07, 6.45) is 1.85. The van der Waals surface area contributed by atoms with Crippen molar-refractivity contribution in [3.63, 3.8) is 0 Å². The maximum Gasteiger partial charge on any atom is 0.251 e. The van der Waals surface area contributed by atoms with Crippen LogP contribution >= 0.6 is 11.6 Å². The molecule has 1 amide bonds. The molecule has 1 N–H and O–H groups in total. The molecule has 0 fully saturated rings. The van der Waals surface area contributed by atoms with Gasteiger partial charge in [0.25, 0.3) is 5.91 Å². The second-order valence-electron chi connectivity index (χ2n) is 6.75. The maximum atomic E-state index is 12.4. The minimum absolute atomic E-state index is 0.0906. The van der Waals surface area contributed by atoms with Gasteiger partial charge in [0.2, 0.25) is 0 Å². The fraction of sp³-hybridized carbons (Fsp3) is 0.208. The summed E-state index contributed by atoms with van der Waals surface area (Å²) < 4.78 is 5.79. The molecule has 0 aliphatic rings. The lowest BCUT2D eigenvalue weighted by Crippen LogP contribution is -2.24. The molecule has 0 aliphatic carbocycles. The van der Waals surface area contributed by atoms with E-state index in [1.54, 1.807) is 12.1 Å². The van der Waals surface area contributed by atoms with Gasteiger partial charge in [-0.15, -0.1) is 0 Å². The van der Waals surface area contributed by atoms with E-state index in [1.165, 1.54) is 11.1 Å². The molecule has 0 heterocycles. The second-order valence-corrected chi connectivity index (χ2v) is 7.16. The number of carbonyl (C=O) groups is 1. The number of ether oxygens (including phenoxy) is 1. The van der Waals surface area contributed by atoms with Crippen molar-refractivity contribution in [2.75, 3.05) is 6.54 Å². The highest BCUT2D eigenvalue weighted by Gasteiger charge is 2.07. The molecule has 0 unspecified atom stereocenters. The Balaban J connectivity index is 1.48. The summed E-state index contributed by atoms with van der Waals surface area (Å²) in [4.78, 5) is 12.4. The molecule has 28 heavy (non-hydrogen) atoms. The molecular formula is C24H24ClNO2. The quantitative estimate of drug-likeness (QED) is 0.506. The Kier molecular flexibility index (Phi) is 7.10. The summed E-state index contributed by atoms with van der Waals surface area (Å²) >= 11 is 6.15. The number of aryl methyl sites for hydroxylation is 2. The number of hydrogen-bond donors (Lipinski definition) is 1. The van der Waals surface area contributed by atoms with Gasteiger partial charge in [-0.1, -0.05) is 65.7 Å². The smallest absolute Gasteiger partial charge is 0.251 e. The van der Waals surface area contributed by atoms with Crippen molar-refractivity contribution in [2.45, 2.75) is 26.4 Å². The lowest BCUT2D eigenvalue weighted by Gasteiger charge is -2.10. The zero-order valence-electron chi connectivity index (χ0n) is 16.0. The van der Waals surface area contributed by atoms with Crippen LogP contribution in [0.1, 0.15) is 33.5 Å². The van der Waals surface area contributed by atoms with Crippen molar-refractivity contribution in [3.8, 4) is 5.75 Å². The third-order valence-electron chi connectivity index (χ3n) is 4.50. The van der Waals surface area contributed by atoms with E-state index >= 15 is 0 Å². The fourth-order valence-electron chi connectivity index (χ4n) is 2.85. The molecule has 0 atom stereocenters. The molecule has 0 spiro atoms. The highest BCUT2D eigenvalue weighted by atomic mass is 35.5. The standard InChI is InChI=1S/C24H24ClNO2/c1-18-11-13-19(14-12-18)6-5-15-26-24(27)20-8-4-9-22(16-20)28-17-21-7-2-3-10-23(21)25/h2-4,7-14,16H,5-6,15,17H2,1H3,(H,26,27). The van der Waals surface area contributed by atoms with Gasteiger partial charge in [0.1, 0.15) is 12.4 Å². The molecular weight excluding hydrogens is 370 g/mol. The topological polar surface area (TPSA) is 38.3 Å². The van der Waals surface area contributed by atoms with Crippen molar-refractivity contribution in [3.05, 3.63) is 100 Å². The van der Waals surface area contributed by atoms with E-state index in [0.717, 1.165) is 18.4 Å². The van der Waals surface area contributed by atoms with Gasteiger partial charge < -0.3 is 10.1 Å². The Bertz CT molecular complexity index is 922. The van der Waals surface area contributed by atoms with Gasteiger partial charge in [-0.3, -0.25) is 4.79 Å². The maximum absolute atomic E-state index is 12.4. The van der Waals surface area contributed by atoms with Gasteiger partial charge in [0.05, 0.1) is 0 Å². The predicted octanol–water partition coefficient (Wildman–Crippen LogP) is 5.59. The summed E-state index contributed by atoms with van der Waals surface area (Å²) in [6.45, 7) is 3.08. The van der Waals surface area contributed by atoms with Gasteiger partial charge in [0, 0.05) is 22.7 Å². The Morgan fingerprint density at radius 3 is 2.57 bits per heavy atom. The number of amides is 1. The number of benzene rings is 3. The number of rotatable bonds is 8. The van der Waals surface area contributed by atoms with Crippen LogP contribution < -0.4 is 10.1 Å². The average Bonchev–Trinajstić information content (AvgIpc) is 2.72. The zero-order valence-corrected chi connectivity index (χ0v) is 16.7. The highest BCUT2D eigenvalue weighted by Crippen LogP contribution is 2.19. The van der Waals surface area contributed by atoms with Crippen LogP contribution in [0.5, 0.6) is 5.75 Å². The molecule has 0 aromatic heterocycles. The Morgan fingerprint density at radius 2 is 1.79 bits per heavy atom. The first kappa shape index (κ1) is 20.0. The largest absolute Gasteiger partial charge is 0.489 e. The summed E-state index contributed by atoms with van der Waals surface area (Å²) in [5.41, 5.74) is 4.05. The van der Waals surface area contributed by atoms with Crippen molar-refractivity contribution in [1.29, 1.82) is 0 Å².